The molecule has 1 aliphatic heterocycles. The van der Waals surface area contributed by atoms with Crippen LogP contribution in [0, 0.1) is 0 Å². The van der Waals surface area contributed by atoms with Gasteiger partial charge in [-0.2, -0.15) is 0 Å². The molecule has 0 aromatic heterocycles. The molecule has 0 fully saturated rings. The Hall–Kier alpha value is -2.12. The average Bonchev–Trinajstić information content (AvgIpc) is 2.46. The first-order valence-electron chi connectivity index (χ1n) is 6.08. The third-order valence-corrected chi connectivity index (χ3v) is 2.99. The molecule has 0 bridgehead atoms. The molecule has 0 unspecified atom stereocenters. The normalized spacial score (nSPS) is 14.1. The van der Waals surface area contributed by atoms with Crippen LogP contribution in [0.25, 0.3) is 0 Å². The van der Waals surface area contributed by atoms with Gasteiger partial charge in [0.1, 0.15) is 5.75 Å². The summed E-state index contributed by atoms with van der Waals surface area (Å²) in [7, 11) is 0. The van der Waals surface area contributed by atoms with Gasteiger partial charge < -0.3 is 25.6 Å². The van der Waals surface area contributed by atoms with E-state index >= 15 is 0 Å². The molecule has 0 saturated carbocycles. The predicted octanol–water partition coefficient (Wildman–Crippen LogP) is -0.509. The highest BCUT2D eigenvalue weighted by atomic mass is 16.5. The Labute approximate surface area is 115 Å². The van der Waals surface area contributed by atoms with Crippen molar-refractivity contribution in [3.63, 3.8) is 0 Å². The third kappa shape index (κ3) is 2.89. The molecule has 20 heavy (non-hydrogen) atoms. The number of hydrogen-bond donors (Lipinski definition) is 4. The molecule has 1 aromatic rings. The molecular weight excluding hydrogens is 264 g/mol. The molecule has 2 rings (SSSR count). The number of benzene rings is 1. The number of aliphatic hydroxyl groups is 2. The lowest BCUT2D eigenvalue weighted by Crippen LogP contribution is -2.51. The van der Waals surface area contributed by atoms with E-state index in [0.29, 0.717) is 17.0 Å². The van der Waals surface area contributed by atoms with Crippen LogP contribution in [-0.2, 0) is 4.79 Å². The van der Waals surface area contributed by atoms with E-state index in [1.807, 2.05) is 0 Å². The monoisotopic (exact) mass is 280 g/mol. The topological polar surface area (TPSA) is 108 Å². The number of fused-ring (bicyclic) bond motifs is 1. The number of carbonyl (C=O) groups is 2. The fraction of sp³-hybridized carbons (Fsp3) is 0.385. The fourth-order valence-corrected chi connectivity index (χ4v) is 1.70. The van der Waals surface area contributed by atoms with E-state index < -0.39 is 11.4 Å². The van der Waals surface area contributed by atoms with Crippen molar-refractivity contribution in [2.45, 2.75) is 12.5 Å². The van der Waals surface area contributed by atoms with E-state index in [-0.39, 0.29) is 25.7 Å². The zero-order valence-electron chi connectivity index (χ0n) is 11.0. The van der Waals surface area contributed by atoms with E-state index in [4.69, 9.17) is 14.9 Å². The number of anilines is 1. The van der Waals surface area contributed by atoms with Crippen LogP contribution in [0.1, 0.15) is 17.3 Å². The van der Waals surface area contributed by atoms with Gasteiger partial charge in [0.2, 0.25) is 0 Å². The second kappa shape index (κ2) is 5.48. The lowest BCUT2D eigenvalue weighted by Gasteiger charge is -2.26. The molecular formula is C13H16N2O5. The Balaban J connectivity index is 2.19. The molecule has 0 aliphatic carbocycles. The van der Waals surface area contributed by atoms with Gasteiger partial charge in [0.25, 0.3) is 11.8 Å². The number of carbonyl (C=O) groups excluding carboxylic acids is 2. The second-order valence-electron chi connectivity index (χ2n) is 4.88. The van der Waals surface area contributed by atoms with Crippen molar-refractivity contribution < 1.29 is 24.5 Å². The zero-order chi connectivity index (χ0) is 14.8. The van der Waals surface area contributed by atoms with Crippen molar-refractivity contribution >= 4 is 17.5 Å². The molecule has 108 valence electrons. The van der Waals surface area contributed by atoms with E-state index in [1.54, 1.807) is 12.1 Å². The first-order valence-corrected chi connectivity index (χ1v) is 6.08. The molecule has 4 N–H and O–H groups in total. The molecule has 1 aliphatic rings. The molecule has 7 heteroatoms. The van der Waals surface area contributed by atoms with Crippen LogP contribution in [0.5, 0.6) is 5.75 Å². The van der Waals surface area contributed by atoms with Crippen LogP contribution in [0.15, 0.2) is 18.2 Å². The second-order valence-corrected chi connectivity index (χ2v) is 4.88. The highest BCUT2D eigenvalue weighted by Crippen LogP contribution is 2.28. The van der Waals surface area contributed by atoms with E-state index in [1.165, 1.54) is 13.0 Å². The Kier molecular flexibility index (Phi) is 3.91. The fourth-order valence-electron chi connectivity index (χ4n) is 1.70. The minimum absolute atomic E-state index is 0.0500. The number of hydrogen-bond acceptors (Lipinski definition) is 5. The SMILES string of the molecule is CC(CO)(CO)NC(=O)c1ccc2c(c1)NC(=O)CO2. The summed E-state index contributed by atoms with van der Waals surface area (Å²) >= 11 is 0. The van der Waals surface area contributed by atoms with Gasteiger partial charge in [0, 0.05) is 5.56 Å². The van der Waals surface area contributed by atoms with Crippen molar-refractivity contribution in [3.8, 4) is 5.75 Å². The highest BCUT2D eigenvalue weighted by Gasteiger charge is 2.26. The van der Waals surface area contributed by atoms with Crippen LogP contribution >= 0.6 is 0 Å². The van der Waals surface area contributed by atoms with Gasteiger partial charge in [-0.05, 0) is 25.1 Å². The molecule has 2 amide bonds. The van der Waals surface area contributed by atoms with Crippen molar-refractivity contribution in [2.75, 3.05) is 25.1 Å². The number of amides is 2. The summed E-state index contributed by atoms with van der Waals surface area (Å²) < 4.78 is 5.19. The molecule has 0 atom stereocenters. The van der Waals surface area contributed by atoms with Crippen LogP contribution in [0.3, 0.4) is 0 Å². The van der Waals surface area contributed by atoms with Crippen molar-refractivity contribution in [2.24, 2.45) is 0 Å². The van der Waals surface area contributed by atoms with E-state index in [2.05, 4.69) is 10.6 Å². The lowest BCUT2D eigenvalue weighted by molar-refractivity contribution is -0.118. The number of aliphatic hydroxyl groups excluding tert-OH is 2. The highest BCUT2D eigenvalue weighted by molar-refractivity contribution is 6.00. The first-order chi connectivity index (χ1) is 9.47. The van der Waals surface area contributed by atoms with Crippen LogP contribution in [0.4, 0.5) is 5.69 Å². The summed E-state index contributed by atoms with van der Waals surface area (Å²) in [6, 6.07) is 4.61. The third-order valence-electron chi connectivity index (χ3n) is 2.99. The number of ether oxygens (including phenoxy) is 1. The molecule has 7 nitrogen and oxygen atoms in total. The van der Waals surface area contributed by atoms with Gasteiger partial charge in [0.05, 0.1) is 24.4 Å². The van der Waals surface area contributed by atoms with Gasteiger partial charge >= 0.3 is 0 Å². The van der Waals surface area contributed by atoms with Crippen LogP contribution in [-0.4, -0.2) is 47.4 Å². The molecule has 1 aromatic carbocycles. The van der Waals surface area contributed by atoms with Crippen molar-refractivity contribution in [1.29, 1.82) is 0 Å². The Morgan fingerprint density at radius 3 is 2.80 bits per heavy atom. The van der Waals surface area contributed by atoms with Crippen LogP contribution < -0.4 is 15.4 Å². The largest absolute Gasteiger partial charge is 0.482 e. The van der Waals surface area contributed by atoms with Gasteiger partial charge in [-0.25, -0.2) is 0 Å². The quantitative estimate of drug-likeness (QED) is 0.594. The van der Waals surface area contributed by atoms with Crippen molar-refractivity contribution in [1.82, 2.24) is 5.32 Å². The number of nitrogens with one attached hydrogen (secondary N) is 2. The molecule has 0 saturated heterocycles. The Morgan fingerprint density at radius 1 is 1.45 bits per heavy atom. The molecule has 1 heterocycles. The summed E-state index contributed by atoms with van der Waals surface area (Å²) in [5.41, 5.74) is -0.390. The Morgan fingerprint density at radius 2 is 2.15 bits per heavy atom. The summed E-state index contributed by atoms with van der Waals surface area (Å²) in [6.45, 7) is 0.694. The lowest BCUT2D eigenvalue weighted by atomic mass is 10.0. The standard InChI is InChI=1S/C13H16N2O5/c1-13(6-16,7-17)15-12(19)8-2-3-10-9(4-8)14-11(18)5-20-10/h2-4,16-17H,5-7H2,1H3,(H,14,18)(H,15,19). The maximum Gasteiger partial charge on any atom is 0.262 e. The molecule has 0 spiro atoms. The van der Waals surface area contributed by atoms with Crippen LogP contribution in [0.2, 0.25) is 0 Å². The smallest absolute Gasteiger partial charge is 0.262 e. The summed E-state index contributed by atoms with van der Waals surface area (Å²) in [5.74, 6) is -0.253. The van der Waals surface area contributed by atoms with E-state index in [9.17, 15) is 9.59 Å². The summed E-state index contributed by atoms with van der Waals surface area (Å²) in [5, 5.41) is 23.5. The van der Waals surface area contributed by atoms with Gasteiger partial charge in [-0.15, -0.1) is 0 Å². The Bertz CT molecular complexity index is 540. The molecule has 0 radical (unpaired) electrons. The predicted molar refractivity (Wildman–Crippen MR) is 70.6 cm³/mol. The maximum absolute atomic E-state index is 12.1. The minimum atomic E-state index is -1.10. The van der Waals surface area contributed by atoms with Crippen molar-refractivity contribution in [3.05, 3.63) is 23.8 Å². The summed E-state index contributed by atoms with van der Waals surface area (Å²) in [4.78, 5) is 23.3. The zero-order valence-corrected chi connectivity index (χ0v) is 11.0. The van der Waals surface area contributed by atoms with Gasteiger partial charge in [0.15, 0.2) is 6.61 Å². The average molecular weight is 280 g/mol. The van der Waals surface area contributed by atoms with E-state index in [0.717, 1.165) is 0 Å². The first kappa shape index (κ1) is 14.3. The van der Waals surface area contributed by atoms with Gasteiger partial charge in [-0.3, -0.25) is 9.59 Å². The summed E-state index contributed by atoms with van der Waals surface area (Å²) in [6.07, 6.45) is 0. The minimum Gasteiger partial charge on any atom is -0.482 e. The maximum atomic E-state index is 12.1. The van der Waals surface area contributed by atoms with Gasteiger partial charge in [-0.1, -0.05) is 0 Å². The number of rotatable bonds is 4.